The van der Waals surface area contributed by atoms with Crippen molar-refractivity contribution in [3.05, 3.63) is 17.3 Å². The van der Waals surface area contributed by atoms with Crippen LogP contribution >= 0.6 is 11.6 Å². The van der Waals surface area contributed by atoms with Crippen molar-refractivity contribution in [2.24, 2.45) is 4.99 Å². The van der Waals surface area contributed by atoms with Crippen LogP contribution in [0.15, 0.2) is 17.1 Å². The number of aromatic nitrogens is 2. The highest BCUT2D eigenvalue weighted by atomic mass is 35.5. The summed E-state index contributed by atoms with van der Waals surface area (Å²) in [5, 5.41) is 7.86. The van der Waals surface area contributed by atoms with Crippen LogP contribution in [0.2, 0.25) is 5.15 Å². The zero-order chi connectivity index (χ0) is 9.84. The minimum Gasteiger partial charge on any atom is -0.366 e. The van der Waals surface area contributed by atoms with E-state index in [0.29, 0.717) is 11.0 Å². The van der Waals surface area contributed by atoms with Crippen LogP contribution in [0.25, 0.3) is 0 Å². The van der Waals surface area contributed by atoms with E-state index >= 15 is 0 Å². The Hall–Kier alpha value is -1.16. The van der Waals surface area contributed by atoms with Crippen LogP contribution in [0.3, 0.4) is 0 Å². The molecule has 13 heavy (non-hydrogen) atoms. The lowest BCUT2D eigenvalue weighted by Crippen LogP contribution is -2.17. The Morgan fingerprint density at radius 1 is 1.38 bits per heavy atom. The molecular weight excluding hydrogens is 188 g/mol. The third kappa shape index (κ3) is 2.99. The van der Waals surface area contributed by atoms with Gasteiger partial charge in [-0.25, -0.2) is 4.99 Å². The maximum absolute atomic E-state index is 5.58. The number of aliphatic imine (C=N–C) groups is 1. The molecule has 0 fully saturated rings. The summed E-state index contributed by atoms with van der Waals surface area (Å²) < 4.78 is 0. The van der Waals surface area contributed by atoms with E-state index in [0.717, 1.165) is 5.84 Å². The molecule has 0 bridgehead atoms. The van der Waals surface area contributed by atoms with Gasteiger partial charge in [0.1, 0.15) is 5.84 Å². The third-order valence-corrected chi connectivity index (χ3v) is 1.74. The third-order valence-electron chi connectivity index (χ3n) is 1.54. The highest BCUT2D eigenvalue weighted by molar-refractivity contribution is 6.29. The molecule has 5 heteroatoms. The Bertz CT molecular complexity index is 304. The molecule has 1 aromatic rings. The van der Waals surface area contributed by atoms with Crippen molar-refractivity contribution in [2.45, 2.75) is 6.92 Å². The summed E-state index contributed by atoms with van der Waals surface area (Å²) in [5.74, 6) is 1.44. The van der Waals surface area contributed by atoms with E-state index in [4.69, 9.17) is 11.6 Å². The summed E-state index contributed by atoms with van der Waals surface area (Å²) in [6, 6.07) is 3.39. The second-order valence-corrected chi connectivity index (χ2v) is 3.15. The number of amidine groups is 1. The fraction of sp³-hybridized carbons (Fsp3) is 0.375. The van der Waals surface area contributed by atoms with Crippen molar-refractivity contribution in [3.8, 4) is 0 Å². The fourth-order valence-electron chi connectivity index (χ4n) is 0.634. The average Bonchev–Trinajstić information content (AvgIpc) is 2.08. The van der Waals surface area contributed by atoms with Crippen LogP contribution in [-0.2, 0) is 0 Å². The molecule has 0 spiro atoms. The first-order chi connectivity index (χ1) is 6.09. The van der Waals surface area contributed by atoms with Crippen molar-refractivity contribution in [1.29, 1.82) is 0 Å². The lowest BCUT2D eigenvalue weighted by molar-refractivity contribution is 0.618. The molecule has 70 valence electrons. The molecule has 0 aliphatic rings. The molecule has 0 N–H and O–H groups in total. The maximum Gasteiger partial charge on any atom is 0.176 e. The van der Waals surface area contributed by atoms with Gasteiger partial charge in [0.05, 0.1) is 0 Å². The van der Waals surface area contributed by atoms with Crippen molar-refractivity contribution in [3.63, 3.8) is 0 Å². The van der Waals surface area contributed by atoms with E-state index in [1.165, 1.54) is 0 Å². The number of nitrogens with zero attached hydrogens (tertiary/aromatic N) is 4. The van der Waals surface area contributed by atoms with Gasteiger partial charge >= 0.3 is 0 Å². The predicted molar refractivity (Wildman–Crippen MR) is 53.5 cm³/mol. The summed E-state index contributed by atoms with van der Waals surface area (Å²) in [6.07, 6.45) is 0. The topological polar surface area (TPSA) is 41.4 Å². The first-order valence-electron chi connectivity index (χ1n) is 3.81. The lowest BCUT2D eigenvalue weighted by atomic mass is 10.5. The van der Waals surface area contributed by atoms with Gasteiger partial charge in [-0.05, 0) is 19.1 Å². The molecule has 1 heterocycles. The summed E-state index contributed by atoms with van der Waals surface area (Å²) in [4.78, 5) is 6.11. The van der Waals surface area contributed by atoms with Gasteiger partial charge in [0.2, 0.25) is 0 Å². The number of rotatable bonds is 1. The van der Waals surface area contributed by atoms with Gasteiger partial charge in [-0.2, -0.15) is 0 Å². The fourth-order valence-corrected chi connectivity index (χ4v) is 0.735. The zero-order valence-corrected chi connectivity index (χ0v) is 8.58. The van der Waals surface area contributed by atoms with Gasteiger partial charge in [-0.15, -0.1) is 10.2 Å². The van der Waals surface area contributed by atoms with Gasteiger partial charge < -0.3 is 4.90 Å². The molecule has 0 saturated heterocycles. The summed E-state index contributed by atoms with van der Waals surface area (Å²) in [5.41, 5.74) is 0. The summed E-state index contributed by atoms with van der Waals surface area (Å²) in [7, 11) is 3.84. The SMILES string of the molecule is C/C(=N\c1ccc(Cl)nn1)N(C)C. The molecular formula is C8H11ClN4. The van der Waals surface area contributed by atoms with Crippen LogP contribution < -0.4 is 0 Å². The number of hydrogen-bond donors (Lipinski definition) is 0. The van der Waals surface area contributed by atoms with E-state index in [9.17, 15) is 0 Å². The minimum absolute atomic E-state index is 0.376. The molecule has 0 aliphatic heterocycles. The van der Waals surface area contributed by atoms with E-state index in [-0.39, 0.29) is 0 Å². The summed E-state index contributed by atoms with van der Waals surface area (Å²) >= 11 is 5.58. The van der Waals surface area contributed by atoms with E-state index in [1.807, 2.05) is 25.9 Å². The Morgan fingerprint density at radius 2 is 2.08 bits per heavy atom. The van der Waals surface area contributed by atoms with E-state index in [2.05, 4.69) is 15.2 Å². The first kappa shape index (κ1) is 9.92. The maximum atomic E-state index is 5.58. The second-order valence-electron chi connectivity index (χ2n) is 2.77. The van der Waals surface area contributed by atoms with Crippen molar-refractivity contribution in [2.75, 3.05) is 14.1 Å². The van der Waals surface area contributed by atoms with Crippen molar-refractivity contribution < 1.29 is 0 Å². The molecule has 0 amide bonds. The largest absolute Gasteiger partial charge is 0.366 e. The zero-order valence-electron chi connectivity index (χ0n) is 7.82. The Kier molecular flexibility index (Phi) is 3.19. The van der Waals surface area contributed by atoms with E-state index in [1.54, 1.807) is 12.1 Å². The second kappa shape index (κ2) is 4.18. The van der Waals surface area contributed by atoms with E-state index < -0.39 is 0 Å². The van der Waals surface area contributed by atoms with Crippen LogP contribution in [0.1, 0.15) is 6.92 Å². The number of halogens is 1. The highest BCUT2D eigenvalue weighted by Crippen LogP contribution is 2.09. The molecule has 0 atom stereocenters. The van der Waals surface area contributed by atoms with Crippen molar-refractivity contribution >= 4 is 23.3 Å². The van der Waals surface area contributed by atoms with Crippen molar-refractivity contribution in [1.82, 2.24) is 15.1 Å². The molecule has 1 aromatic heterocycles. The Balaban J connectivity index is 2.85. The van der Waals surface area contributed by atoms with Gasteiger partial charge in [0.15, 0.2) is 11.0 Å². The molecule has 1 rings (SSSR count). The molecule has 0 aromatic carbocycles. The Morgan fingerprint density at radius 3 is 2.54 bits per heavy atom. The minimum atomic E-state index is 0.376. The van der Waals surface area contributed by atoms with Gasteiger partial charge in [0, 0.05) is 14.1 Å². The van der Waals surface area contributed by atoms with Crippen LogP contribution in [0, 0.1) is 0 Å². The van der Waals surface area contributed by atoms with Crippen LogP contribution in [0.4, 0.5) is 5.82 Å². The normalized spacial score (nSPS) is 11.5. The van der Waals surface area contributed by atoms with Gasteiger partial charge in [-0.1, -0.05) is 11.6 Å². The monoisotopic (exact) mass is 198 g/mol. The number of hydrogen-bond acceptors (Lipinski definition) is 3. The summed E-state index contributed by atoms with van der Waals surface area (Å²) in [6.45, 7) is 1.90. The Labute approximate surface area is 82.3 Å². The van der Waals surface area contributed by atoms with Gasteiger partial charge in [0.25, 0.3) is 0 Å². The quantitative estimate of drug-likeness (QED) is 0.510. The molecule has 0 aliphatic carbocycles. The van der Waals surface area contributed by atoms with Crippen LogP contribution in [0.5, 0.6) is 0 Å². The average molecular weight is 199 g/mol. The first-order valence-corrected chi connectivity index (χ1v) is 4.19. The molecule has 0 radical (unpaired) electrons. The molecule has 0 unspecified atom stereocenters. The molecule has 0 saturated carbocycles. The highest BCUT2D eigenvalue weighted by Gasteiger charge is 1.96. The van der Waals surface area contributed by atoms with Gasteiger partial charge in [-0.3, -0.25) is 0 Å². The lowest BCUT2D eigenvalue weighted by Gasteiger charge is -2.09. The standard InChI is InChI=1S/C8H11ClN4/c1-6(13(2)3)10-8-5-4-7(9)11-12-8/h4-5H,1-3H3/b10-6+. The molecule has 4 nitrogen and oxygen atoms in total. The smallest absolute Gasteiger partial charge is 0.176 e. The predicted octanol–water partition coefficient (Wildman–Crippen LogP) is 1.74. The van der Waals surface area contributed by atoms with Crippen LogP contribution in [-0.4, -0.2) is 35.0 Å².